The Morgan fingerprint density at radius 3 is 2.59 bits per heavy atom. The molecule has 0 spiro atoms. The molecule has 6 heteroatoms. The second kappa shape index (κ2) is 8.17. The number of nitrogens with zero attached hydrogens (tertiary/aromatic N) is 4. The fourth-order valence-corrected chi connectivity index (χ4v) is 3.49. The Morgan fingerprint density at radius 1 is 1.19 bits per heavy atom. The van der Waals surface area contributed by atoms with Gasteiger partial charge in [0.15, 0.2) is 5.78 Å². The summed E-state index contributed by atoms with van der Waals surface area (Å²) in [5.41, 5.74) is 5.91. The summed E-state index contributed by atoms with van der Waals surface area (Å²) in [6.07, 6.45) is 10.5. The Bertz CT molecular complexity index is 965. The predicted molar refractivity (Wildman–Crippen MR) is 109 cm³/mol. The zero-order valence-corrected chi connectivity index (χ0v) is 16.1. The van der Waals surface area contributed by atoms with Crippen molar-refractivity contribution in [1.82, 2.24) is 14.8 Å². The third-order valence-corrected chi connectivity index (χ3v) is 4.84. The number of carbonyl (C=O) groups is 1. The summed E-state index contributed by atoms with van der Waals surface area (Å²) in [4.78, 5) is 16.2. The third kappa shape index (κ3) is 3.92. The number of carbonyl (C=O) groups excluding carboxylic acids is 1. The summed E-state index contributed by atoms with van der Waals surface area (Å²) in [7, 11) is 1.89. The van der Waals surface area contributed by atoms with Crippen LogP contribution in [0.3, 0.4) is 0 Å². The third-order valence-electron chi connectivity index (χ3n) is 4.84. The minimum absolute atomic E-state index is 0.0430. The number of pyridine rings is 1. The molecule has 0 N–H and O–H groups in total. The van der Waals surface area contributed by atoms with E-state index >= 15 is 0 Å². The van der Waals surface area contributed by atoms with Gasteiger partial charge in [0.2, 0.25) is 0 Å². The number of nitriles is 1. The van der Waals surface area contributed by atoms with Crippen molar-refractivity contribution < 1.29 is 4.79 Å². The first-order valence-electron chi connectivity index (χ1n) is 9.47. The van der Waals surface area contributed by atoms with E-state index in [2.05, 4.69) is 22.1 Å². The first-order chi connectivity index (χ1) is 13.1. The molecule has 0 atom stereocenters. The summed E-state index contributed by atoms with van der Waals surface area (Å²) < 4.78 is 1.78. The number of ketones is 1. The lowest BCUT2D eigenvalue weighted by Gasteiger charge is -2.11. The first kappa shape index (κ1) is 18.8. The highest BCUT2D eigenvalue weighted by molar-refractivity contribution is 6.70. The molecular weight excluding hydrogens is 335 g/mol. The number of aromatic nitrogens is 3. The van der Waals surface area contributed by atoms with Crippen molar-refractivity contribution in [1.29, 1.82) is 5.26 Å². The van der Waals surface area contributed by atoms with E-state index in [1.165, 1.54) is 0 Å². The minimum Gasteiger partial charge on any atom is -0.295 e. The van der Waals surface area contributed by atoms with Crippen molar-refractivity contribution in [2.24, 2.45) is 7.05 Å². The topological polar surface area (TPSA) is 71.6 Å². The van der Waals surface area contributed by atoms with Crippen LogP contribution in [0.15, 0.2) is 36.7 Å². The maximum absolute atomic E-state index is 11.6. The van der Waals surface area contributed by atoms with Crippen molar-refractivity contribution in [2.75, 3.05) is 0 Å². The molecule has 0 unspecified atom stereocenters. The van der Waals surface area contributed by atoms with Crippen molar-refractivity contribution in [3.8, 4) is 17.2 Å². The molecule has 4 rings (SSSR count). The molecule has 0 aromatic carbocycles. The number of rotatable bonds is 3. The van der Waals surface area contributed by atoms with E-state index in [1.54, 1.807) is 10.8 Å². The molecule has 5 nitrogen and oxygen atoms in total. The second-order valence-corrected chi connectivity index (χ2v) is 6.62. The van der Waals surface area contributed by atoms with Crippen LogP contribution >= 0.6 is 0 Å². The fourth-order valence-electron chi connectivity index (χ4n) is 3.49. The molecule has 0 amide bonds. The van der Waals surface area contributed by atoms with Crippen LogP contribution in [0.25, 0.3) is 22.4 Å². The van der Waals surface area contributed by atoms with Crippen molar-refractivity contribution in [2.45, 2.75) is 39.3 Å². The molecule has 0 saturated carbocycles. The van der Waals surface area contributed by atoms with Gasteiger partial charge in [0.05, 0.1) is 11.4 Å². The average Bonchev–Trinajstić information content (AvgIpc) is 3.43. The Balaban J connectivity index is 0.00000102. The molecule has 0 radical (unpaired) electrons. The van der Waals surface area contributed by atoms with Gasteiger partial charge < -0.3 is 0 Å². The van der Waals surface area contributed by atoms with Crippen molar-refractivity contribution >= 4 is 23.6 Å². The van der Waals surface area contributed by atoms with Crippen LogP contribution in [0.5, 0.6) is 0 Å². The Morgan fingerprint density at radius 2 is 2.00 bits per heavy atom. The summed E-state index contributed by atoms with van der Waals surface area (Å²) in [6, 6.07) is 4.01. The highest BCUT2D eigenvalue weighted by Crippen LogP contribution is 2.36. The Hall–Kier alpha value is -2.94. The van der Waals surface area contributed by atoms with Gasteiger partial charge in [-0.15, -0.1) is 0 Å². The summed E-state index contributed by atoms with van der Waals surface area (Å²) in [5, 5.41) is 13.7. The maximum Gasteiger partial charge on any atom is 0.276 e. The van der Waals surface area contributed by atoms with E-state index in [0.29, 0.717) is 6.42 Å². The molecule has 2 aromatic rings. The van der Waals surface area contributed by atoms with Gasteiger partial charge >= 0.3 is 0 Å². The number of hydrogen-bond donors (Lipinski definition) is 0. The zero-order valence-electron chi connectivity index (χ0n) is 16.1. The maximum atomic E-state index is 11.6. The van der Waals surface area contributed by atoms with E-state index in [-0.39, 0.29) is 12.5 Å². The quantitative estimate of drug-likeness (QED) is 0.771. The van der Waals surface area contributed by atoms with Crippen molar-refractivity contribution in [3.63, 3.8) is 0 Å². The smallest absolute Gasteiger partial charge is 0.276 e. The van der Waals surface area contributed by atoms with Gasteiger partial charge in [0, 0.05) is 43.0 Å². The highest BCUT2D eigenvalue weighted by atomic mass is 16.1. The monoisotopic (exact) mass is 358 g/mol. The lowest BCUT2D eigenvalue weighted by molar-refractivity contribution is -0.114. The van der Waals surface area contributed by atoms with Gasteiger partial charge in [-0.05, 0) is 48.4 Å². The number of aryl methyl sites for hydroxylation is 1. The van der Waals surface area contributed by atoms with Gasteiger partial charge in [0.1, 0.15) is 0 Å². The van der Waals surface area contributed by atoms with Crippen molar-refractivity contribution in [3.05, 3.63) is 47.9 Å². The average molecular weight is 358 g/mol. The van der Waals surface area contributed by atoms with Gasteiger partial charge in [-0.25, -0.2) is 5.26 Å². The molecule has 0 bridgehead atoms. The Labute approximate surface area is 160 Å². The van der Waals surface area contributed by atoms with Crippen LogP contribution in [0.2, 0.25) is 12.6 Å². The van der Waals surface area contributed by atoms with Crippen LogP contribution < -0.4 is 0 Å². The molecule has 2 aromatic heterocycles. The zero-order chi connectivity index (χ0) is 19.4. The molecule has 3 heterocycles. The normalized spacial score (nSPS) is 15.8. The van der Waals surface area contributed by atoms with E-state index in [1.807, 2.05) is 45.4 Å². The summed E-state index contributed by atoms with van der Waals surface area (Å²) >= 11 is 0. The van der Waals surface area contributed by atoms with Gasteiger partial charge in [-0.3, -0.25) is 14.5 Å². The van der Waals surface area contributed by atoms with Gasteiger partial charge in [0.25, 0.3) is 6.71 Å². The number of hydrogen-bond acceptors (Lipinski definition) is 4. The summed E-state index contributed by atoms with van der Waals surface area (Å²) in [6.45, 7) is 4.04. The van der Waals surface area contributed by atoms with Crippen LogP contribution in [-0.4, -0.2) is 27.3 Å². The largest absolute Gasteiger partial charge is 0.295 e. The lowest BCUT2D eigenvalue weighted by Crippen LogP contribution is -2.03. The van der Waals surface area contributed by atoms with Crippen LogP contribution in [0.1, 0.15) is 37.9 Å². The molecular formula is C21H23BN4O. The van der Waals surface area contributed by atoms with Gasteiger partial charge in [-0.1, -0.05) is 19.9 Å². The standard InChI is InChI=1S/C19H17BN4O.C2H6/c1-24-7-5-18(23-24)16-9-19(13-2-3-15(25)8-13)22-11-17(16)14-4-6-20(10-14)12-21;1-2/h4-5,7-9,11H,2-3,6,10H2,1H3;1-2H3. The van der Waals surface area contributed by atoms with E-state index in [0.717, 1.165) is 52.7 Å². The van der Waals surface area contributed by atoms with E-state index in [9.17, 15) is 10.1 Å². The molecule has 1 aliphatic heterocycles. The molecule has 27 heavy (non-hydrogen) atoms. The minimum atomic E-state index is 0.0430. The van der Waals surface area contributed by atoms with E-state index < -0.39 is 0 Å². The summed E-state index contributed by atoms with van der Waals surface area (Å²) in [5.74, 6) is 2.51. The van der Waals surface area contributed by atoms with Crippen LogP contribution in [0, 0.1) is 11.2 Å². The molecule has 2 aliphatic rings. The molecule has 1 aliphatic carbocycles. The fraction of sp³-hybridized carbons (Fsp3) is 0.333. The number of allylic oxidation sites excluding steroid dienone is 4. The first-order valence-corrected chi connectivity index (χ1v) is 9.47. The highest BCUT2D eigenvalue weighted by Gasteiger charge is 2.25. The van der Waals surface area contributed by atoms with Gasteiger partial charge in [-0.2, -0.15) is 5.10 Å². The molecule has 0 fully saturated rings. The SMILES string of the molecule is CC.Cn1ccc(-c2cc(C3=CC(=O)CC3)ncc2C2=CCB(C#N)C2)n1. The Kier molecular flexibility index (Phi) is 5.70. The predicted octanol–water partition coefficient (Wildman–Crippen LogP) is 4.21. The van der Waals surface area contributed by atoms with E-state index in [4.69, 9.17) is 0 Å². The second-order valence-electron chi connectivity index (χ2n) is 6.62. The lowest BCUT2D eigenvalue weighted by atomic mass is 9.49. The van der Waals surface area contributed by atoms with Crippen LogP contribution in [0.4, 0.5) is 0 Å². The van der Waals surface area contributed by atoms with Crippen LogP contribution in [-0.2, 0) is 11.8 Å². The molecule has 0 saturated heterocycles. The molecule has 136 valence electrons.